The molecule has 0 saturated heterocycles. The van der Waals surface area contributed by atoms with E-state index in [2.05, 4.69) is 22.1 Å². The van der Waals surface area contributed by atoms with E-state index in [1.54, 1.807) is 24.4 Å². The molecule has 5 heteroatoms. The van der Waals surface area contributed by atoms with Gasteiger partial charge < -0.3 is 10.4 Å². The average Bonchev–Trinajstić information content (AvgIpc) is 2.43. The number of benzene rings is 1. The molecule has 0 aliphatic heterocycles. The summed E-state index contributed by atoms with van der Waals surface area (Å²) in [5, 5.41) is 14.0. The standard InChI is InChI=1S/C15H13ClN2O2/c1-10(19)17-7-3-2-5-11-9-13(16)12-6-4-8-18-14(12)15(11)20/h4,6,8-9,20H,3,7H2,1H3,(H,17,19). The molecule has 0 spiro atoms. The molecule has 0 aliphatic carbocycles. The second-order valence-corrected chi connectivity index (χ2v) is 4.60. The number of rotatable bonds is 2. The second kappa shape index (κ2) is 6.27. The third kappa shape index (κ3) is 3.19. The van der Waals surface area contributed by atoms with Crippen LogP contribution in [-0.2, 0) is 4.79 Å². The van der Waals surface area contributed by atoms with Gasteiger partial charge in [-0.15, -0.1) is 0 Å². The van der Waals surface area contributed by atoms with Crippen LogP contribution in [-0.4, -0.2) is 22.5 Å². The van der Waals surface area contributed by atoms with Gasteiger partial charge in [-0.2, -0.15) is 0 Å². The van der Waals surface area contributed by atoms with E-state index in [9.17, 15) is 9.90 Å². The maximum atomic E-state index is 10.7. The summed E-state index contributed by atoms with van der Waals surface area (Å²) < 4.78 is 0. The zero-order chi connectivity index (χ0) is 14.5. The van der Waals surface area contributed by atoms with Gasteiger partial charge in [-0.05, 0) is 18.2 Å². The topological polar surface area (TPSA) is 62.2 Å². The molecular formula is C15H13ClN2O2. The van der Waals surface area contributed by atoms with Gasteiger partial charge in [0.05, 0.1) is 10.6 Å². The van der Waals surface area contributed by atoms with Crippen molar-refractivity contribution in [2.75, 3.05) is 6.54 Å². The zero-order valence-electron chi connectivity index (χ0n) is 10.9. The molecule has 0 saturated carbocycles. The SMILES string of the molecule is CC(=O)NCCC#Cc1cc(Cl)c2cccnc2c1O. The van der Waals surface area contributed by atoms with Gasteiger partial charge in [0.1, 0.15) is 5.52 Å². The van der Waals surface area contributed by atoms with Crippen LogP contribution in [0.4, 0.5) is 0 Å². The van der Waals surface area contributed by atoms with Crippen LogP contribution < -0.4 is 5.32 Å². The zero-order valence-corrected chi connectivity index (χ0v) is 11.7. The van der Waals surface area contributed by atoms with E-state index in [0.29, 0.717) is 34.5 Å². The van der Waals surface area contributed by atoms with E-state index >= 15 is 0 Å². The number of carbonyl (C=O) groups excluding carboxylic acids is 1. The predicted octanol–water partition coefficient (Wildman–Crippen LogP) is 2.47. The quantitative estimate of drug-likeness (QED) is 0.659. The predicted molar refractivity (Wildman–Crippen MR) is 78.6 cm³/mol. The summed E-state index contributed by atoms with van der Waals surface area (Å²) in [6, 6.07) is 5.16. The number of halogens is 1. The molecule has 4 nitrogen and oxygen atoms in total. The van der Waals surface area contributed by atoms with Crippen LogP contribution in [0.3, 0.4) is 0 Å². The number of hydrogen-bond acceptors (Lipinski definition) is 3. The van der Waals surface area contributed by atoms with Gasteiger partial charge in [-0.3, -0.25) is 9.78 Å². The first-order chi connectivity index (χ1) is 9.59. The molecule has 102 valence electrons. The summed E-state index contributed by atoms with van der Waals surface area (Å²) in [6.45, 7) is 1.93. The van der Waals surface area contributed by atoms with Crippen LogP contribution >= 0.6 is 11.6 Å². The van der Waals surface area contributed by atoms with E-state index in [-0.39, 0.29) is 11.7 Å². The molecule has 2 N–H and O–H groups in total. The van der Waals surface area contributed by atoms with Crippen LogP contribution in [0.1, 0.15) is 18.9 Å². The van der Waals surface area contributed by atoms with Gasteiger partial charge in [-0.25, -0.2) is 0 Å². The number of phenolic OH excluding ortho intramolecular Hbond substituents is 1. The lowest BCUT2D eigenvalue weighted by atomic mass is 10.1. The highest BCUT2D eigenvalue weighted by Crippen LogP contribution is 2.32. The van der Waals surface area contributed by atoms with Crippen molar-refractivity contribution >= 4 is 28.4 Å². The van der Waals surface area contributed by atoms with Crippen molar-refractivity contribution in [3.8, 4) is 17.6 Å². The van der Waals surface area contributed by atoms with Gasteiger partial charge >= 0.3 is 0 Å². The van der Waals surface area contributed by atoms with Crippen molar-refractivity contribution in [3.63, 3.8) is 0 Å². The Balaban J connectivity index is 2.25. The summed E-state index contributed by atoms with van der Waals surface area (Å²) in [7, 11) is 0. The lowest BCUT2D eigenvalue weighted by Gasteiger charge is -2.04. The first-order valence-corrected chi connectivity index (χ1v) is 6.47. The van der Waals surface area contributed by atoms with Crippen LogP contribution in [0, 0.1) is 11.8 Å². The molecule has 1 amide bonds. The highest BCUT2D eigenvalue weighted by Gasteiger charge is 2.09. The highest BCUT2D eigenvalue weighted by atomic mass is 35.5. The van der Waals surface area contributed by atoms with Gasteiger partial charge in [0.2, 0.25) is 5.91 Å². The number of aromatic hydroxyl groups is 1. The van der Waals surface area contributed by atoms with Crippen LogP contribution in [0.5, 0.6) is 5.75 Å². The van der Waals surface area contributed by atoms with Crippen LogP contribution in [0.15, 0.2) is 24.4 Å². The summed E-state index contributed by atoms with van der Waals surface area (Å²) in [5.74, 6) is 5.66. The van der Waals surface area contributed by atoms with E-state index in [0.717, 1.165) is 0 Å². The van der Waals surface area contributed by atoms with Gasteiger partial charge in [0.25, 0.3) is 0 Å². The Kier molecular flexibility index (Phi) is 4.44. The van der Waals surface area contributed by atoms with Crippen molar-refractivity contribution in [1.29, 1.82) is 0 Å². The van der Waals surface area contributed by atoms with Crippen LogP contribution in [0.25, 0.3) is 10.9 Å². The number of phenols is 1. The van der Waals surface area contributed by atoms with Gasteiger partial charge in [0.15, 0.2) is 5.75 Å². The number of hydrogen-bond donors (Lipinski definition) is 2. The Morgan fingerprint density at radius 2 is 2.35 bits per heavy atom. The van der Waals surface area contributed by atoms with Crippen LogP contribution in [0.2, 0.25) is 5.02 Å². The molecule has 20 heavy (non-hydrogen) atoms. The fraction of sp³-hybridized carbons (Fsp3) is 0.200. The summed E-state index contributed by atoms with van der Waals surface area (Å²) in [4.78, 5) is 14.8. The summed E-state index contributed by atoms with van der Waals surface area (Å²) in [5.41, 5.74) is 0.871. The summed E-state index contributed by atoms with van der Waals surface area (Å²) in [6.07, 6.45) is 2.09. The number of nitrogens with one attached hydrogen (secondary N) is 1. The molecule has 2 aromatic rings. The maximum absolute atomic E-state index is 10.7. The molecule has 1 aromatic heterocycles. The van der Waals surface area contributed by atoms with E-state index in [1.807, 2.05) is 0 Å². The van der Waals surface area contributed by atoms with Gasteiger partial charge in [0, 0.05) is 31.5 Å². The Bertz CT molecular complexity index is 717. The molecule has 2 rings (SSSR count). The highest BCUT2D eigenvalue weighted by molar-refractivity contribution is 6.35. The molecule has 0 radical (unpaired) electrons. The largest absolute Gasteiger partial charge is 0.504 e. The Morgan fingerprint density at radius 3 is 3.10 bits per heavy atom. The third-order valence-electron chi connectivity index (χ3n) is 2.66. The number of aromatic nitrogens is 1. The minimum Gasteiger partial charge on any atom is -0.504 e. The Labute approximate surface area is 121 Å². The smallest absolute Gasteiger partial charge is 0.216 e. The number of nitrogens with zero attached hydrogens (tertiary/aromatic N) is 1. The van der Waals surface area contributed by atoms with E-state index in [4.69, 9.17) is 11.6 Å². The first kappa shape index (κ1) is 14.2. The molecule has 0 unspecified atom stereocenters. The number of amides is 1. The Morgan fingerprint density at radius 1 is 1.55 bits per heavy atom. The monoisotopic (exact) mass is 288 g/mol. The Hall–Kier alpha value is -2.25. The summed E-state index contributed by atoms with van der Waals surface area (Å²) >= 11 is 6.14. The lowest BCUT2D eigenvalue weighted by molar-refractivity contribution is -0.118. The van der Waals surface area contributed by atoms with E-state index in [1.165, 1.54) is 6.92 Å². The third-order valence-corrected chi connectivity index (χ3v) is 2.98. The first-order valence-electron chi connectivity index (χ1n) is 6.09. The molecule has 1 heterocycles. The lowest BCUT2D eigenvalue weighted by Crippen LogP contribution is -2.20. The van der Waals surface area contributed by atoms with Crippen molar-refractivity contribution in [1.82, 2.24) is 10.3 Å². The molecular weight excluding hydrogens is 276 g/mol. The molecule has 0 bridgehead atoms. The number of pyridine rings is 1. The molecule has 0 fully saturated rings. The van der Waals surface area contributed by atoms with Crippen molar-refractivity contribution in [2.24, 2.45) is 0 Å². The molecule has 1 aromatic carbocycles. The minimum absolute atomic E-state index is 0.0250. The number of carbonyl (C=O) groups is 1. The molecule has 0 aliphatic rings. The fourth-order valence-electron chi connectivity index (χ4n) is 1.74. The normalized spacial score (nSPS) is 9.90. The van der Waals surface area contributed by atoms with Crippen molar-refractivity contribution in [2.45, 2.75) is 13.3 Å². The van der Waals surface area contributed by atoms with Crippen molar-refractivity contribution < 1.29 is 9.90 Å². The average molecular weight is 289 g/mol. The fourth-order valence-corrected chi connectivity index (χ4v) is 2.00. The molecule has 0 atom stereocenters. The minimum atomic E-state index is -0.0902. The van der Waals surface area contributed by atoms with Crippen molar-refractivity contribution in [3.05, 3.63) is 35.0 Å². The second-order valence-electron chi connectivity index (χ2n) is 4.19. The van der Waals surface area contributed by atoms with E-state index < -0.39 is 0 Å². The number of fused-ring (bicyclic) bond motifs is 1. The maximum Gasteiger partial charge on any atom is 0.216 e. The van der Waals surface area contributed by atoms with Gasteiger partial charge in [-0.1, -0.05) is 23.4 Å².